The number of likely N-dealkylation sites (tertiary alicyclic amines) is 1. The van der Waals surface area contributed by atoms with Gasteiger partial charge >= 0.3 is 0 Å². The third-order valence-corrected chi connectivity index (χ3v) is 9.02. The van der Waals surface area contributed by atoms with Gasteiger partial charge in [0.2, 0.25) is 0 Å². The molecule has 4 atom stereocenters. The molecule has 0 aromatic heterocycles. The molecule has 208 valence electrons. The molecule has 1 amide bonds. The van der Waals surface area contributed by atoms with Gasteiger partial charge in [-0.15, -0.1) is 0 Å². The number of hydrogen-bond acceptors (Lipinski definition) is 6. The molecule has 8 heteroatoms. The molecule has 7 nitrogen and oxygen atoms in total. The van der Waals surface area contributed by atoms with Crippen molar-refractivity contribution in [2.24, 2.45) is 0 Å². The van der Waals surface area contributed by atoms with Crippen LogP contribution in [-0.4, -0.2) is 75.5 Å². The van der Waals surface area contributed by atoms with Gasteiger partial charge in [0.1, 0.15) is 18.0 Å². The van der Waals surface area contributed by atoms with E-state index in [1.165, 1.54) is 30.4 Å². The Labute approximate surface area is 230 Å². The van der Waals surface area contributed by atoms with E-state index in [2.05, 4.69) is 46.8 Å². The van der Waals surface area contributed by atoms with Crippen molar-refractivity contribution >= 4 is 5.91 Å². The van der Waals surface area contributed by atoms with Gasteiger partial charge in [-0.3, -0.25) is 4.79 Å². The zero-order valence-electron chi connectivity index (χ0n) is 23.1. The third-order valence-electron chi connectivity index (χ3n) is 9.02. The van der Waals surface area contributed by atoms with Crippen LogP contribution < -0.4 is 10.6 Å². The lowest BCUT2D eigenvalue weighted by molar-refractivity contribution is -0.133. The van der Waals surface area contributed by atoms with Crippen LogP contribution >= 0.6 is 0 Å². The molecule has 1 spiro atoms. The van der Waals surface area contributed by atoms with Crippen molar-refractivity contribution in [3.05, 3.63) is 58.9 Å². The maximum atomic E-state index is 15.3. The van der Waals surface area contributed by atoms with E-state index in [-0.39, 0.29) is 36.4 Å². The molecule has 0 radical (unpaired) electrons. The van der Waals surface area contributed by atoms with E-state index in [4.69, 9.17) is 9.47 Å². The van der Waals surface area contributed by atoms with Gasteiger partial charge in [0.25, 0.3) is 5.91 Å². The Morgan fingerprint density at radius 2 is 2.00 bits per heavy atom. The predicted molar refractivity (Wildman–Crippen MR) is 148 cm³/mol. The Hall–Kier alpha value is -2.83. The Morgan fingerprint density at radius 1 is 1.26 bits per heavy atom. The van der Waals surface area contributed by atoms with Crippen molar-refractivity contribution in [3.63, 3.8) is 0 Å². The molecule has 2 saturated heterocycles. The molecule has 39 heavy (non-hydrogen) atoms. The number of amides is 1. The quantitative estimate of drug-likeness (QED) is 0.591. The van der Waals surface area contributed by atoms with Crippen LogP contribution in [0, 0.1) is 17.1 Å². The smallest absolute Gasteiger partial charge is 0.251 e. The highest BCUT2D eigenvalue weighted by Crippen LogP contribution is 2.47. The largest absolute Gasteiger partial charge is 0.377 e. The molecular weight excluding hydrogens is 495 g/mol. The number of carbonyl (C=O) groups is 1. The summed E-state index contributed by atoms with van der Waals surface area (Å²) in [6.07, 6.45) is 3.81. The minimum Gasteiger partial charge on any atom is -0.377 e. The van der Waals surface area contributed by atoms with Crippen LogP contribution in [0.1, 0.15) is 42.9 Å². The first kappa shape index (κ1) is 27.7. The Bertz CT molecular complexity index is 1240. The van der Waals surface area contributed by atoms with Crippen LogP contribution in [0.5, 0.6) is 0 Å². The van der Waals surface area contributed by atoms with Crippen molar-refractivity contribution in [2.75, 3.05) is 40.4 Å². The topological polar surface area (TPSA) is 86.6 Å². The molecule has 0 unspecified atom stereocenters. The van der Waals surface area contributed by atoms with Crippen molar-refractivity contribution in [2.45, 2.75) is 68.7 Å². The molecule has 2 aromatic carbocycles. The molecule has 1 aliphatic carbocycles. The van der Waals surface area contributed by atoms with Crippen LogP contribution in [0.25, 0.3) is 11.1 Å². The van der Waals surface area contributed by atoms with E-state index < -0.39 is 18.1 Å². The lowest BCUT2D eigenvalue weighted by Crippen LogP contribution is -2.46. The summed E-state index contributed by atoms with van der Waals surface area (Å²) in [6, 6.07) is 13.0. The van der Waals surface area contributed by atoms with Gasteiger partial charge in [0, 0.05) is 26.1 Å². The van der Waals surface area contributed by atoms with Crippen molar-refractivity contribution in [1.29, 1.82) is 5.26 Å². The number of rotatable bonds is 6. The average molecular weight is 535 g/mol. The number of nitriles is 1. The van der Waals surface area contributed by atoms with Gasteiger partial charge in [-0.1, -0.05) is 30.3 Å². The van der Waals surface area contributed by atoms with E-state index in [9.17, 15) is 10.1 Å². The second kappa shape index (κ2) is 11.7. The monoisotopic (exact) mass is 534 g/mol. The second-order valence-electron chi connectivity index (χ2n) is 11.4. The minimum absolute atomic E-state index is 0.0350. The summed E-state index contributed by atoms with van der Waals surface area (Å²) in [7, 11) is 3.79. The first-order valence-electron chi connectivity index (χ1n) is 14.0. The van der Waals surface area contributed by atoms with E-state index in [0.29, 0.717) is 12.1 Å². The molecule has 2 heterocycles. The number of hydrogen-bond donors (Lipinski definition) is 2. The van der Waals surface area contributed by atoms with Gasteiger partial charge < -0.3 is 25.0 Å². The number of fused-ring (bicyclic) bond motifs is 2. The Morgan fingerprint density at radius 3 is 2.72 bits per heavy atom. The average Bonchev–Trinajstić information content (AvgIpc) is 3.17. The van der Waals surface area contributed by atoms with E-state index in [0.717, 1.165) is 30.6 Å². The minimum atomic E-state index is -0.871. The van der Waals surface area contributed by atoms with Crippen LogP contribution in [0.3, 0.4) is 0 Å². The highest BCUT2D eigenvalue weighted by molar-refractivity contribution is 5.81. The molecule has 2 aromatic rings. The highest BCUT2D eigenvalue weighted by Gasteiger charge is 2.40. The molecule has 0 bridgehead atoms. The number of piperidine rings is 1. The number of aryl methyl sites for hydroxylation is 1. The number of benzene rings is 2. The lowest BCUT2D eigenvalue weighted by Gasteiger charge is -2.39. The van der Waals surface area contributed by atoms with Crippen molar-refractivity contribution in [3.8, 4) is 17.2 Å². The molecule has 5 rings (SSSR count). The van der Waals surface area contributed by atoms with E-state index in [1.54, 1.807) is 19.2 Å². The fourth-order valence-electron chi connectivity index (χ4n) is 6.33. The number of halogens is 1. The zero-order valence-corrected chi connectivity index (χ0v) is 23.1. The molecule has 3 aliphatic rings. The number of carbonyl (C=O) groups excluding carboxylic acids is 1. The van der Waals surface area contributed by atoms with Gasteiger partial charge in [0.15, 0.2) is 0 Å². The fourth-order valence-corrected chi connectivity index (χ4v) is 6.33. The number of ether oxygens (including phenoxy) is 2. The third kappa shape index (κ3) is 5.87. The van der Waals surface area contributed by atoms with Gasteiger partial charge in [-0.25, -0.2) is 4.39 Å². The van der Waals surface area contributed by atoms with Crippen LogP contribution in [-0.2, 0) is 32.5 Å². The summed E-state index contributed by atoms with van der Waals surface area (Å²) in [5, 5.41) is 15.6. The summed E-state index contributed by atoms with van der Waals surface area (Å²) in [5.41, 5.74) is 5.34. The second-order valence-corrected chi connectivity index (χ2v) is 11.4. The Balaban J connectivity index is 1.26. The van der Waals surface area contributed by atoms with Gasteiger partial charge in [-0.05, 0) is 92.0 Å². The van der Waals surface area contributed by atoms with Gasteiger partial charge in [-0.2, -0.15) is 5.26 Å². The molecular formula is C31H39FN4O3. The molecule has 2 fully saturated rings. The summed E-state index contributed by atoms with van der Waals surface area (Å²) in [4.78, 5) is 15.2. The van der Waals surface area contributed by atoms with Gasteiger partial charge in [0.05, 0.1) is 18.8 Å². The Kier molecular flexibility index (Phi) is 8.34. The summed E-state index contributed by atoms with van der Waals surface area (Å²) >= 11 is 0. The first-order valence-corrected chi connectivity index (χ1v) is 14.0. The lowest BCUT2D eigenvalue weighted by atomic mass is 9.73. The van der Waals surface area contributed by atoms with E-state index in [1.807, 2.05) is 13.0 Å². The van der Waals surface area contributed by atoms with Crippen LogP contribution in [0.4, 0.5) is 4.39 Å². The maximum absolute atomic E-state index is 15.3. The maximum Gasteiger partial charge on any atom is 0.251 e. The summed E-state index contributed by atoms with van der Waals surface area (Å²) in [5.74, 6) is -0.767. The zero-order chi connectivity index (χ0) is 27.6. The van der Waals surface area contributed by atoms with Crippen molar-refractivity contribution in [1.82, 2.24) is 15.5 Å². The SMILES string of the molecule is CO[C@H]1CO[C@H](C(=O)N[C@H](C#N)Cc2ccc(-c3ccc4c(c3)C3(CC4)CCN(C)CC3)cc2F)CN[C@H]1C. The standard InChI is InChI=1S/C31H39FN4O3/c1-20-29(38-3)19-39-28(18-34-20)30(37)35-25(17-33)14-24-7-6-23(16-27(24)32)22-5-4-21-8-9-31(26(21)15-22)10-12-36(2)13-11-31/h4-7,15-16,20,25,28-29,34H,8-14,18-19H2,1-3H3,(H,35,37)/t20-,25-,28-,29-/m0/s1. The van der Waals surface area contributed by atoms with Crippen LogP contribution in [0.2, 0.25) is 0 Å². The normalized spacial score (nSPS) is 25.5. The van der Waals surface area contributed by atoms with E-state index >= 15 is 4.39 Å². The highest BCUT2D eigenvalue weighted by atomic mass is 19.1. The molecule has 2 aliphatic heterocycles. The molecule has 2 N–H and O–H groups in total. The van der Waals surface area contributed by atoms with Crippen LogP contribution in [0.15, 0.2) is 36.4 Å². The molecule has 0 saturated carbocycles. The first-order chi connectivity index (χ1) is 18.8. The number of nitrogens with zero attached hydrogens (tertiary/aromatic N) is 2. The van der Waals surface area contributed by atoms with Crippen molar-refractivity contribution < 1.29 is 18.7 Å². The summed E-state index contributed by atoms with van der Waals surface area (Å²) < 4.78 is 26.4. The number of methoxy groups -OCH3 is 1. The fraction of sp³-hybridized carbons (Fsp3) is 0.548. The summed E-state index contributed by atoms with van der Waals surface area (Å²) in [6.45, 7) is 4.78. The predicted octanol–water partition coefficient (Wildman–Crippen LogP) is 3.35. The number of nitrogens with one attached hydrogen (secondary N) is 2.